The first-order valence-electron chi connectivity index (χ1n) is 9.33. The summed E-state index contributed by atoms with van der Waals surface area (Å²) in [6.07, 6.45) is 2.79. The van der Waals surface area contributed by atoms with E-state index in [0.717, 1.165) is 29.8 Å². The molecule has 2 atom stereocenters. The SMILES string of the molecule is N#CSc1ncnn1C[C@@]1(c2ccc(F)cc2F)OCCC[C@@H]1c1ccccc1Cl. The number of thioether (sulfide) groups is 1. The number of nitrogens with zero attached hydrogens (tertiary/aromatic N) is 4. The van der Waals surface area contributed by atoms with E-state index in [1.54, 1.807) is 6.07 Å². The van der Waals surface area contributed by atoms with E-state index in [9.17, 15) is 4.39 Å². The van der Waals surface area contributed by atoms with Crippen molar-refractivity contribution in [2.24, 2.45) is 0 Å². The molecule has 0 aliphatic carbocycles. The van der Waals surface area contributed by atoms with Gasteiger partial charge in [0.05, 0.1) is 6.54 Å². The molecule has 2 aromatic carbocycles. The van der Waals surface area contributed by atoms with Crippen molar-refractivity contribution in [3.8, 4) is 5.40 Å². The molecule has 0 N–H and O–H groups in total. The summed E-state index contributed by atoms with van der Waals surface area (Å²) in [4.78, 5) is 4.11. The molecule has 1 fully saturated rings. The van der Waals surface area contributed by atoms with Crippen molar-refractivity contribution >= 4 is 23.4 Å². The first-order chi connectivity index (χ1) is 14.5. The van der Waals surface area contributed by atoms with E-state index in [-0.39, 0.29) is 18.0 Å². The molecule has 1 aromatic heterocycles. The number of nitriles is 1. The minimum Gasteiger partial charge on any atom is -0.368 e. The number of benzene rings is 2. The lowest BCUT2D eigenvalue weighted by Gasteiger charge is -2.45. The molecule has 0 bridgehead atoms. The van der Waals surface area contributed by atoms with Crippen molar-refractivity contribution in [2.45, 2.75) is 36.1 Å². The summed E-state index contributed by atoms with van der Waals surface area (Å²) in [6.45, 7) is 0.489. The van der Waals surface area contributed by atoms with Crippen LogP contribution in [-0.4, -0.2) is 21.4 Å². The third-order valence-corrected chi connectivity index (χ3v) is 6.26. The van der Waals surface area contributed by atoms with Gasteiger partial charge in [-0.15, -0.1) is 0 Å². The van der Waals surface area contributed by atoms with Crippen LogP contribution in [0.3, 0.4) is 0 Å². The molecule has 0 spiro atoms. The second kappa shape index (κ2) is 8.72. The maximum absolute atomic E-state index is 15.1. The van der Waals surface area contributed by atoms with Gasteiger partial charge in [0.1, 0.15) is 29.0 Å². The zero-order valence-electron chi connectivity index (χ0n) is 15.8. The standard InChI is InChI=1S/C21H17ClF2N4OS/c22-18-6-2-1-4-15(18)16-5-3-9-29-21(16,17-8-7-14(23)10-19(17)24)11-28-20(30-12-25)26-13-27-28/h1-2,4,6-8,10,13,16H,3,5,9,11H2/t16-,21-/m1/s1. The lowest BCUT2D eigenvalue weighted by molar-refractivity contribution is -0.116. The Morgan fingerprint density at radius 1 is 1.30 bits per heavy atom. The quantitative estimate of drug-likeness (QED) is 0.394. The first-order valence-corrected chi connectivity index (χ1v) is 10.5. The van der Waals surface area contributed by atoms with Gasteiger partial charge in [-0.1, -0.05) is 35.9 Å². The van der Waals surface area contributed by atoms with Crippen molar-refractivity contribution in [1.29, 1.82) is 5.26 Å². The fourth-order valence-corrected chi connectivity index (χ4v) is 4.75. The van der Waals surface area contributed by atoms with Crippen LogP contribution < -0.4 is 0 Å². The summed E-state index contributed by atoms with van der Waals surface area (Å²) in [6, 6.07) is 10.9. The molecule has 0 saturated carbocycles. The normalized spacial score (nSPS) is 21.3. The number of aromatic nitrogens is 3. The Morgan fingerprint density at radius 2 is 2.13 bits per heavy atom. The van der Waals surface area contributed by atoms with Crippen LogP contribution in [0.5, 0.6) is 0 Å². The highest BCUT2D eigenvalue weighted by Crippen LogP contribution is 2.49. The van der Waals surface area contributed by atoms with Gasteiger partial charge in [0.25, 0.3) is 0 Å². The van der Waals surface area contributed by atoms with E-state index in [1.165, 1.54) is 23.1 Å². The number of thiocyanates is 1. The van der Waals surface area contributed by atoms with Gasteiger partial charge >= 0.3 is 0 Å². The summed E-state index contributed by atoms with van der Waals surface area (Å²) in [5.41, 5.74) is -0.173. The summed E-state index contributed by atoms with van der Waals surface area (Å²) in [7, 11) is 0. The van der Waals surface area contributed by atoms with Crippen LogP contribution in [0.2, 0.25) is 5.02 Å². The largest absolute Gasteiger partial charge is 0.368 e. The molecule has 9 heteroatoms. The smallest absolute Gasteiger partial charge is 0.200 e. The van der Waals surface area contributed by atoms with Crippen LogP contribution in [-0.2, 0) is 16.9 Å². The highest BCUT2D eigenvalue weighted by Gasteiger charge is 2.47. The zero-order valence-corrected chi connectivity index (χ0v) is 17.3. The molecule has 0 unspecified atom stereocenters. The van der Waals surface area contributed by atoms with Gasteiger partial charge < -0.3 is 4.74 Å². The topological polar surface area (TPSA) is 63.7 Å². The van der Waals surface area contributed by atoms with Crippen molar-refractivity contribution in [2.75, 3.05) is 6.61 Å². The highest BCUT2D eigenvalue weighted by atomic mass is 35.5. The number of rotatable bonds is 5. The minimum absolute atomic E-state index is 0.0927. The van der Waals surface area contributed by atoms with Gasteiger partial charge in [-0.2, -0.15) is 10.4 Å². The van der Waals surface area contributed by atoms with Crippen molar-refractivity contribution in [3.05, 3.63) is 76.6 Å². The predicted octanol–water partition coefficient (Wildman–Crippen LogP) is 5.27. The molecule has 1 saturated heterocycles. The molecular formula is C21H17ClF2N4OS. The van der Waals surface area contributed by atoms with Crippen molar-refractivity contribution in [1.82, 2.24) is 14.8 Å². The Morgan fingerprint density at radius 3 is 2.90 bits per heavy atom. The molecule has 30 heavy (non-hydrogen) atoms. The molecule has 3 aromatic rings. The molecule has 5 nitrogen and oxygen atoms in total. The average Bonchev–Trinajstić information content (AvgIpc) is 3.16. The van der Waals surface area contributed by atoms with E-state index in [0.29, 0.717) is 23.2 Å². The Kier molecular flexibility index (Phi) is 6.04. The van der Waals surface area contributed by atoms with E-state index < -0.39 is 17.2 Å². The van der Waals surface area contributed by atoms with E-state index in [2.05, 4.69) is 10.1 Å². The van der Waals surface area contributed by atoms with Crippen molar-refractivity contribution in [3.63, 3.8) is 0 Å². The Labute approximate surface area is 181 Å². The summed E-state index contributed by atoms with van der Waals surface area (Å²) in [5, 5.41) is 16.2. The molecule has 4 rings (SSSR count). The van der Waals surface area contributed by atoms with Gasteiger partial charge in [0, 0.05) is 40.9 Å². The fraction of sp³-hybridized carbons (Fsp3) is 0.286. The van der Waals surface area contributed by atoms with Crippen LogP contribution in [0.15, 0.2) is 53.9 Å². The molecule has 1 aliphatic rings. The van der Waals surface area contributed by atoms with Crippen LogP contribution in [0, 0.1) is 22.3 Å². The van der Waals surface area contributed by atoms with Crippen molar-refractivity contribution < 1.29 is 13.5 Å². The van der Waals surface area contributed by atoms with Gasteiger partial charge in [0.15, 0.2) is 0 Å². The van der Waals surface area contributed by atoms with Crippen LogP contribution in [0.1, 0.15) is 29.9 Å². The molecule has 0 radical (unpaired) electrons. The minimum atomic E-state index is -1.21. The maximum Gasteiger partial charge on any atom is 0.200 e. The van der Waals surface area contributed by atoms with Gasteiger partial charge in [-0.25, -0.2) is 18.4 Å². The molecule has 2 heterocycles. The second-order valence-corrected chi connectivity index (χ2v) is 8.13. The third kappa shape index (κ3) is 3.81. The number of ether oxygens (including phenoxy) is 1. The number of halogens is 3. The number of hydrogen-bond acceptors (Lipinski definition) is 5. The van der Waals surface area contributed by atoms with Crippen LogP contribution >= 0.6 is 23.4 Å². The van der Waals surface area contributed by atoms with Gasteiger partial charge in [-0.3, -0.25) is 0 Å². The average molecular weight is 447 g/mol. The summed E-state index contributed by atoms with van der Waals surface area (Å²) in [5.74, 6) is -1.69. The first kappa shape index (κ1) is 20.8. The van der Waals surface area contributed by atoms with E-state index in [4.69, 9.17) is 21.6 Å². The van der Waals surface area contributed by atoms with Crippen LogP contribution in [0.25, 0.3) is 0 Å². The monoisotopic (exact) mass is 446 g/mol. The zero-order chi connectivity index (χ0) is 21.1. The predicted molar refractivity (Wildman–Crippen MR) is 109 cm³/mol. The molecule has 0 amide bonds. The Hall–Kier alpha value is -2.47. The lowest BCUT2D eigenvalue weighted by atomic mass is 9.73. The Bertz CT molecular complexity index is 1100. The van der Waals surface area contributed by atoms with Gasteiger partial charge in [0.2, 0.25) is 5.16 Å². The summed E-state index contributed by atoms with van der Waals surface area (Å²) >= 11 is 7.37. The van der Waals surface area contributed by atoms with E-state index >= 15 is 4.39 Å². The second-order valence-electron chi connectivity index (χ2n) is 6.97. The Balaban J connectivity index is 1.91. The number of hydrogen-bond donors (Lipinski definition) is 0. The van der Waals surface area contributed by atoms with E-state index in [1.807, 2.05) is 23.6 Å². The highest BCUT2D eigenvalue weighted by molar-refractivity contribution is 8.03. The summed E-state index contributed by atoms with van der Waals surface area (Å²) < 4.78 is 36.6. The third-order valence-electron chi connectivity index (χ3n) is 5.33. The van der Waals surface area contributed by atoms with Gasteiger partial charge in [-0.05, 0) is 30.5 Å². The molecule has 154 valence electrons. The maximum atomic E-state index is 15.1. The molecular weight excluding hydrogens is 430 g/mol. The molecule has 1 aliphatic heterocycles. The fourth-order valence-electron chi connectivity index (χ4n) is 4.08. The van der Waals surface area contributed by atoms with Crippen LogP contribution in [0.4, 0.5) is 8.78 Å². The lowest BCUT2D eigenvalue weighted by Crippen LogP contribution is -2.45.